The minimum atomic E-state index is -2.15. The van der Waals surface area contributed by atoms with E-state index >= 15 is 0 Å². The molecule has 346 valence electrons. The second kappa shape index (κ2) is 23.7. The quantitative estimate of drug-likeness (QED) is 0.0461. The van der Waals surface area contributed by atoms with E-state index < -0.39 is 179 Å². The van der Waals surface area contributed by atoms with Gasteiger partial charge in [0.15, 0.2) is 0 Å². The number of hydrogen-bond acceptors (Lipinski definition) is 19. The summed E-state index contributed by atoms with van der Waals surface area (Å²) in [5, 5.41) is 145. The Labute approximate surface area is 376 Å². The van der Waals surface area contributed by atoms with Gasteiger partial charge in [0.05, 0.1) is 94.3 Å². The van der Waals surface area contributed by atoms with E-state index in [1.165, 1.54) is 24.3 Å². The van der Waals surface area contributed by atoms with E-state index in [1.54, 1.807) is 0 Å². The van der Waals surface area contributed by atoms with E-state index in [-0.39, 0.29) is 11.1 Å². The predicted octanol–water partition coefficient (Wildman–Crippen LogP) is -5.60. The minimum Gasteiger partial charge on any atom is -0.394 e. The van der Waals surface area contributed by atoms with Crippen molar-refractivity contribution in [2.75, 3.05) is 51.0 Å². The van der Waals surface area contributed by atoms with Gasteiger partial charge in [0.25, 0.3) is 29.5 Å². The van der Waals surface area contributed by atoms with Gasteiger partial charge in [0.1, 0.15) is 42.7 Å². The Morgan fingerprint density at radius 3 is 1.34 bits per heavy atom. The van der Waals surface area contributed by atoms with Crippen LogP contribution in [0.15, 0.2) is 37.7 Å². The largest absolute Gasteiger partial charge is 0.394 e. The zero-order valence-corrected chi connectivity index (χ0v) is 36.9. The summed E-state index contributed by atoms with van der Waals surface area (Å²) in [6.07, 6.45) is -20.7. The highest BCUT2D eigenvalue weighted by Crippen LogP contribution is 2.45. The van der Waals surface area contributed by atoms with E-state index in [4.69, 9.17) is 10.2 Å². The fourth-order valence-electron chi connectivity index (χ4n) is 6.11. The molecule has 62 heavy (non-hydrogen) atoms. The first-order valence-electron chi connectivity index (χ1n) is 18.4. The number of carbonyl (C=O) groups is 5. The van der Waals surface area contributed by atoms with Crippen LogP contribution in [0.5, 0.6) is 0 Å². The van der Waals surface area contributed by atoms with Crippen molar-refractivity contribution in [2.24, 2.45) is 0 Å². The third-order valence-electron chi connectivity index (χ3n) is 9.61. The lowest BCUT2D eigenvalue weighted by Gasteiger charge is -2.35. The molecule has 0 aliphatic carbocycles. The van der Waals surface area contributed by atoms with E-state index in [0.29, 0.717) is 9.80 Å². The second-order valence-corrected chi connectivity index (χ2v) is 16.3. The van der Waals surface area contributed by atoms with Crippen molar-refractivity contribution in [3.05, 3.63) is 59.9 Å². The Morgan fingerprint density at radius 1 is 0.581 bits per heavy atom. The van der Waals surface area contributed by atoms with Crippen molar-refractivity contribution < 1.29 is 95.5 Å². The fourth-order valence-corrected chi connectivity index (χ4v) is 9.24. The molecular formula is C36H47Br3N4O19. The van der Waals surface area contributed by atoms with Crippen LogP contribution in [0.1, 0.15) is 47.9 Å². The molecular weight excluding hydrogens is 1030 g/mol. The number of aliphatic hydroxyl groups is 14. The first-order chi connectivity index (χ1) is 29.1. The molecule has 11 atom stereocenters. The van der Waals surface area contributed by atoms with Crippen molar-refractivity contribution in [1.82, 2.24) is 15.5 Å². The van der Waals surface area contributed by atoms with Crippen LogP contribution in [-0.2, 0) is 4.79 Å². The molecule has 0 fully saturated rings. The standard InChI is InChI=1S/C36H47Br3N4O19/c37-24-22(32(58)40-6-18(50)28(54)30(56)20(52)11-46)25(38)27(26(39)23(24)33(59)41-7-19(51)29(55)31(57)21(53)12-47)42(8-14(49)10-45)36(62)17(5-13(48)9-44)43-34(60)15-3-1-2-4-16(15)35(43)61/h1-4,13-14,17-21,28-31,44-57H,5-12H2,(H,40,58)(H,41,59). The number of carbonyl (C=O) groups excluding carboxylic acids is 5. The maximum absolute atomic E-state index is 14.9. The second-order valence-electron chi connectivity index (χ2n) is 14.0. The fraction of sp³-hybridized carbons (Fsp3) is 0.528. The molecule has 16 N–H and O–H groups in total. The third kappa shape index (κ3) is 12.0. The molecule has 2 aromatic carbocycles. The highest BCUT2D eigenvalue weighted by atomic mass is 79.9. The molecule has 23 nitrogen and oxygen atoms in total. The minimum absolute atomic E-state index is 0.129. The Morgan fingerprint density at radius 2 is 0.968 bits per heavy atom. The van der Waals surface area contributed by atoms with Gasteiger partial charge in [-0.2, -0.15) is 0 Å². The van der Waals surface area contributed by atoms with E-state index in [1.807, 2.05) is 0 Å². The van der Waals surface area contributed by atoms with Crippen molar-refractivity contribution in [3.63, 3.8) is 0 Å². The SMILES string of the molecule is O=C(NCC(O)C(O)C(O)C(O)CO)c1c(Br)c(C(=O)NCC(O)C(O)C(O)C(O)CO)c(Br)c(N(CC(O)CO)C(=O)C(CC(O)CO)N2C(=O)c3ccccc3C2=O)c1Br. The van der Waals surface area contributed by atoms with Gasteiger partial charge in [0.2, 0.25) is 0 Å². The smallest absolute Gasteiger partial charge is 0.262 e. The average molecular weight is 1080 g/mol. The summed E-state index contributed by atoms with van der Waals surface area (Å²) in [4.78, 5) is 71.3. The van der Waals surface area contributed by atoms with Crippen LogP contribution in [0.3, 0.4) is 0 Å². The van der Waals surface area contributed by atoms with Gasteiger partial charge in [-0.25, -0.2) is 0 Å². The third-order valence-corrected chi connectivity index (χ3v) is 11.9. The number of nitrogens with one attached hydrogen (secondary N) is 2. The monoisotopic (exact) mass is 1080 g/mol. The van der Waals surface area contributed by atoms with Gasteiger partial charge in [-0.1, -0.05) is 12.1 Å². The van der Waals surface area contributed by atoms with E-state index in [0.717, 1.165) is 0 Å². The summed E-state index contributed by atoms with van der Waals surface area (Å²) in [6, 6.07) is 3.46. The van der Waals surface area contributed by atoms with Gasteiger partial charge in [-0.05, 0) is 59.9 Å². The van der Waals surface area contributed by atoms with Gasteiger partial charge >= 0.3 is 0 Å². The maximum Gasteiger partial charge on any atom is 0.262 e. The van der Waals surface area contributed by atoms with Crippen LogP contribution in [0.2, 0.25) is 0 Å². The lowest BCUT2D eigenvalue weighted by atomic mass is 10.0. The molecule has 0 radical (unpaired) electrons. The van der Waals surface area contributed by atoms with Crippen LogP contribution in [0.25, 0.3) is 0 Å². The molecule has 26 heteroatoms. The van der Waals surface area contributed by atoms with Gasteiger partial charge in [-0.15, -0.1) is 0 Å². The van der Waals surface area contributed by atoms with Crippen LogP contribution < -0.4 is 15.5 Å². The number of anilines is 1. The highest BCUT2D eigenvalue weighted by Gasteiger charge is 2.46. The Kier molecular flexibility index (Phi) is 20.3. The first kappa shape index (κ1) is 53.2. The van der Waals surface area contributed by atoms with Crippen LogP contribution in [0, 0.1) is 0 Å². The number of halogens is 3. The van der Waals surface area contributed by atoms with Gasteiger partial charge < -0.3 is 87.0 Å². The summed E-state index contributed by atoms with van der Waals surface area (Å²) >= 11 is 9.57. The Bertz CT molecular complexity index is 1830. The molecule has 1 aliphatic rings. The van der Waals surface area contributed by atoms with Crippen LogP contribution in [0.4, 0.5) is 5.69 Å². The molecule has 3 rings (SSSR count). The molecule has 11 unspecified atom stereocenters. The number of aliphatic hydroxyl groups excluding tert-OH is 14. The first-order valence-corrected chi connectivity index (χ1v) is 20.8. The van der Waals surface area contributed by atoms with Crippen LogP contribution in [-0.4, -0.2) is 219 Å². The molecule has 0 saturated carbocycles. The zero-order valence-electron chi connectivity index (χ0n) is 32.1. The topological polar surface area (TPSA) is 399 Å². The Hall–Kier alpha value is -3.13. The summed E-state index contributed by atoms with van der Waals surface area (Å²) in [7, 11) is 0. The van der Waals surface area contributed by atoms with E-state index in [9.17, 15) is 85.3 Å². The lowest BCUT2D eigenvalue weighted by Crippen LogP contribution is -2.54. The Balaban J connectivity index is 2.27. The lowest BCUT2D eigenvalue weighted by molar-refractivity contribution is -0.124. The van der Waals surface area contributed by atoms with Gasteiger partial charge in [-0.3, -0.25) is 28.9 Å². The highest BCUT2D eigenvalue weighted by molar-refractivity contribution is 9.11. The number of benzene rings is 2. The number of rotatable bonds is 23. The average Bonchev–Trinajstić information content (AvgIpc) is 3.51. The summed E-state index contributed by atoms with van der Waals surface area (Å²) in [6.45, 7) is -6.74. The molecule has 2 aromatic rings. The predicted molar refractivity (Wildman–Crippen MR) is 220 cm³/mol. The molecule has 0 bridgehead atoms. The molecule has 0 spiro atoms. The molecule has 0 aromatic heterocycles. The summed E-state index contributed by atoms with van der Waals surface area (Å²) in [5.41, 5.74) is -2.04. The molecule has 1 aliphatic heterocycles. The number of fused-ring (bicyclic) bond motifs is 1. The van der Waals surface area contributed by atoms with Crippen molar-refractivity contribution in [1.29, 1.82) is 0 Å². The number of imide groups is 1. The zero-order chi connectivity index (χ0) is 46.9. The number of amides is 5. The van der Waals surface area contributed by atoms with E-state index in [2.05, 4.69) is 58.4 Å². The summed E-state index contributed by atoms with van der Waals surface area (Å²) < 4.78 is -1.31. The van der Waals surface area contributed by atoms with Gasteiger partial charge in [0, 0.05) is 24.0 Å². The maximum atomic E-state index is 14.9. The van der Waals surface area contributed by atoms with Crippen molar-refractivity contribution in [2.45, 2.75) is 73.5 Å². The number of hydrogen-bond donors (Lipinski definition) is 16. The van der Waals surface area contributed by atoms with Crippen molar-refractivity contribution >= 4 is 83.0 Å². The summed E-state index contributed by atoms with van der Waals surface area (Å²) in [5.74, 6) is -5.75. The van der Waals surface area contributed by atoms with Crippen molar-refractivity contribution in [3.8, 4) is 0 Å². The number of nitrogens with zero attached hydrogens (tertiary/aromatic N) is 2. The molecule has 0 saturated heterocycles. The molecule has 1 heterocycles. The normalized spacial score (nSPS) is 18.1. The molecule has 5 amide bonds. The van der Waals surface area contributed by atoms with Crippen LogP contribution >= 0.6 is 47.8 Å².